The zero-order chi connectivity index (χ0) is 11.4. The van der Waals surface area contributed by atoms with E-state index in [2.05, 4.69) is 20.2 Å². The summed E-state index contributed by atoms with van der Waals surface area (Å²) in [5, 5.41) is 8.13. The van der Waals surface area contributed by atoms with Crippen LogP contribution in [0.4, 0.5) is 0 Å². The maximum absolute atomic E-state index is 10.8. The molecular weight excluding hydrogens is 319 g/mol. The fourth-order valence-electron chi connectivity index (χ4n) is 1.04. The number of aromatic nitrogens is 4. The van der Waals surface area contributed by atoms with Crippen molar-refractivity contribution >= 4 is 0 Å². The van der Waals surface area contributed by atoms with E-state index in [1.54, 1.807) is 12.4 Å². The first-order valence-corrected chi connectivity index (χ1v) is 7.27. The average molecular weight is 329 g/mol. The van der Waals surface area contributed by atoms with Crippen LogP contribution in [0.1, 0.15) is 11.3 Å². The van der Waals surface area contributed by atoms with Gasteiger partial charge in [0, 0.05) is 0 Å². The van der Waals surface area contributed by atoms with Crippen molar-refractivity contribution in [3.63, 3.8) is 0 Å². The molecule has 0 aliphatic heterocycles. The van der Waals surface area contributed by atoms with E-state index in [1.165, 1.54) is 0 Å². The molecule has 2 heterocycles. The van der Waals surface area contributed by atoms with Crippen LogP contribution in [0, 0.1) is 10.6 Å². The topological polar surface area (TPSA) is 71.5 Å². The molecule has 0 amide bonds. The summed E-state index contributed by atoms with van der Waals surface area (Å²) in [7, 11) is 0. The predicted molar refractivity (Wildman–Crippen MR) is 54.0 cm³/mol. The second kappa shape index (κ2) is 5.15. The average Bonchev–Trinajstić information content (AvgIpc) is 2.30. The van der Waals surface area contributed by atoms with Crippen molar-refractivity contribution in [2.45, 2.75) is 11.4 Å². The van der Waals surface area contributed by atoms with E-state index < -0.39 is 0 Å². The Hall–Kier alpha value is -1.31. The number of aryl methyl sites for hydroxylation is 1. The standard InChI is InChI=1S/C10H10IN4O/c1-7-2-3-9(15-14-7)11-4-8-5-12-10(16)13-6-8/h2-3,5-6H,4H2,1H3,(H,12,13,16)/q-1. The van der Waals surface area contributed by atoms with Crippen LogP contribution in [-0.4, -0.2) is 20.2 Å². The van der Waals surface area contributed by atoms with Gasteiger partial charge < -0.3 is 0 Å². The van der Waals surface area contributed by atoms with E-state index in [0.717, 1.165) is 19.4 Å². The molecule has 16 heavy (non-hydrogen) atoms. The number of rotatable bonds is 3. The number of alkyl halides is 1. The van der Waals surface area contributed by atoms with E-state index in [1.807, 2.05) is 19.1 Å². The first-order chi connectivity index (χ1) is 7.74. The number of nitrogens with zero attached hydrogens (tertiary/aromatic N) is 3. The molecule has 2 aromatic rings. The molecule has 2 rings (SSSR count). The summed E-state index contributed by atoms with van der Waals surface area (Å²) in [4.78, 5) is 17.0. The van der Waals surface area contributed by atoms with Gasteiger partial charge in [0.2, 0.25) is 0 Å². The van der Waals surface area contributed by atoms with Gasteiger partial charge in [0.1, 0.15) is 0 Å². The Balaban J connectivity index is 1.99. The molecule has 0 atom stereocenters. The van der Waals surface area contributed by atoms with Crippen molar-refractivity contribution < 1.29 is 21.2 Å². The van der Waals surface area contributed by atoms with Gasteiger partial charge in [0.05, 0.1) is 0 Å². The molecular formula is C10H10IN4O-. The third-order valence-electron chi connectivity index (χ3n) is 1.85. The molecule has 6 heteroatoms. The van der Waals surface area contributed by atoms with Gasteiger partial charge >= 0.3 is 103 Å². The summed E-state index contributed by atoms with van der Waals surface area (Å²) in [5.74, 6) is 0. The van der Waals surface area contributed by atoms with E-state index in [0.29, 0.717) is 0 Å². The molecule has 5 nitrogen and oxygen atoms in total. The number of nitrogens with one attached hydrogen (secondary N) is 1. The van der Waals surface area contributed by atoms with Gasteiger partial charge in [-0.3, -0.25) is 0 Å². The minimum atomic E-state index is -0.308. The summed E-state index contributed by atoms with van der Waals surface area (Å²) in [6, 6.07) is 3.97. The number of hydrogen-bond donors (Lipinski definition) is 1. The van der Waals surface area contributed by atoms with Crippen LogP contribution in [0.2, 0.25) is 0 Å². The van der Waals surface area contributed by atoms with Crippen LogP contribution in [-0.2, 0) is 4.43 Å². The molecule has 0 radical (unpaired) electrons. The summed E-state index contributed by atoms with van der Waals surface area (Å²) in [5.41, 5.74) is 1.66. The van der Waals surface area contributed by atoms with E-state index in [4.69, 9.17) is 0 Å². The van der Waals surface area contributed by atoms with Crippen molar-refractivity contribution in [1.82, 2.24) is 20.2 Å². The number of H-pyrrole nitrogens is 1. The van der Waals surface area contributed by atoms with E-state index in [9.17, 15) is 4.79 Å². The van der Waals surface area contributed by atoms with Gasteiger partial charge in [-0.1, -0.05) is 0 Å². The zero-order valence-corrected chi connectivity index (χ0v) is 10.8. The predicted octanol–water partition coefficient (Wildman–Crippen LogP) is -2.67. The Morgan fingerprint density at radius 2 is 2.25 bits per heavy atom. The third-order valence-corrected chi connectivity index (χ3v) is 4.47. The quantitative estimate of drug-likeness (QED) is 0.492. The molecule has 0 unspecified atom stereocenters. The molecule has 0 saturated carbocycles. The van der Waals surface area contributed by atoms with Crippen molar-refractivity contribution in [2.24, 2.45) is 0 Å². The Bertz CT molecular complexity index is 503. The molecule has 0 bridgehead atoms. The van der Waals surface area contributed by atoms with Gasteiger partial charge in [-0.05, 0) is 0 Å². The van der Waals surface area contributed by atoms with Gasteiger partial charge in [-0.15, -0.1) is 0 Å². The van der Waals surface area contributed by atoms with Crippen LogP contribution in [0.3, 0.4) is 0 Å². The van der Waals surface area contributed by atoms with Gasteiger partial charge in [0.25, 0.3) is 0 Å². The van der Waals surface area contributed by atoms with Crippen molar-refractivity contribution in [1.29, 1.82) is 0 Å². The number of hydrogen-bond acceptors (Lipinski definition) is 4. The van der Waals surface area contributed by atoms with Crippen LogP contribution in [0.25, 0.3) is 0 Å². The van der Waals surface area contributed by atoms with Crippen molar-refractivity contribution in [2.75, 3.05) is 0 Å². The zero-order valence-electron chi connectivity index (χ0n) is 8.64. The monoisotopic (exact) mass is 329 g/mol. The Kier molecular flexibility index (Phi) is 3.60. The summed E-state index contributed by atoms with van der Waals surface area (Å²) >= 11 is -0.210. The molecule has 1 N–H and O–H groups in total. The van der Waals surface area contributed by atoms with E-state index in [-0.39, 0.29) is 26.9 Å². The second-order valence-corrected chi connectivity index (χ2v) is 5.82. The molecule has 0 spiro atoms. The maximum atomic E-state index is 10.8. The van der Waals surface area contributed by atoms with Crippen molar-refractivity contribution in [3.8, 4) is 0 Å². The minimum absolute atomic E-state index is 0.210. The molecule has 84 valence electrons. The molecule has 0 aliphatic rings. The van der Waals surface area contributed by atoms with Gasteiger partial charge in [-0.25, -0.2) is 0 Å². The summed E-state index contributed by atoms with van der Waals surface area (Å²) in [6.45, 7) is 1.92. The summed E-state index contributed by atoms with van der Waals surface area (Å²) in [6.07, 6.45) is 3.32. The normalized spacial score (nSPS) is 10.6. The number of aromatic amines is 1. The van der Waals surface area contributed by atoms with Crippen LogP contribution in [0.5, 0.6) is 0 Å². The van der Waals surface area contributed by atoms with Crippen molar-refractivity contribution in [3.05, 3.63) is 50.0 Å². The number of halogens is 1. The van der Waals surface area contributed by atoms with Crippen LogP contribution < -0.4 is 26.9 Å². The third kappa shape index (κ3) is 3.09. The molecule has 2 aromatic heterocycles. The molecule has 0 saturated heterocycles. The molecule has 0 aliphatic carbocycles. The SMILES string of the molecule is Cc1ccc([I-]Cc2cnc(=O)[nH]c2)nn1. The molecule has 0 fully saturated rings. The van der Waals surface area contributed by atoms with Crippen LogP contribution >= 0.6 is 0 Å². The first kappa shape index (κ1) is 11.2. The van der Waals surface area contributed by atoms with E-state index >= 15 is 0 Å². The Morgan fingerprint density at radius 1 is 1.38 bits per heavy atom. The second-order valence-electron chi connectivity index (χ2n) is 3.19. The van der Waals surface area contributed by atoms with Crippen LogP contribution in [0.15, 0.2) is 29.3 Å². The fraction of sp³-hybridized carbons (Fsp3) is 0.200. The Morgan fingerprint density at radius 3 is 2.88 bits per heavy atom. The first-order valence-electron chi connectivity index (χ1n) is 4.67. The molecule has 0 aromatic carbocycles. The van der Waals surface area contributed by atoms with Gasteiger partial charge in [0.15, 0.2) is 0 Å². The Labute approximate surface area is 103 Å². The van der Waals surface area contributed by atoms with Gasteiger partial charge in [-0.2, -0.15) is 0 Å². The summed E-state index contributed by atoms with van der Waals surface area (Å²) < 4.78 is 1.95. The fourth-order valence-corrected chi connectivity index (χ4v) is 2.99.